The zero-order valence-electron chi connectivity index (χ0n) is 11.0. The molecule has 0 aromatic carbocycles. The van der Waals surface area contributed by atoms with Gasteiger partial charge in [-0.2, -0.15) is 0 Å². The normalized spacial score (nSPS) is 20.6. The highest BCUT2D eigenvalue weighted by atomic mass is 32.2. The first-order valence-corrected chi connectivity index (χ1v) is 6.54. The first-order chi connectivity index (χ1) is 7.54. The molecular weight excluding hydrogens is 224 g/mol. The number of methoxy groups -OCH3 is 2. The summed E-state index contributed by atoms with van der Waals surface area (Å²) in [6, 6.07) is 0. The van der Waals surface area contributed by atoms with Crippen LogP contribution in [0.15, 0.2) is 0 Å². The van der Waals surface area contributed by atoms with Crippen LogP contribution in [0.1, 0.15) is 13.8 Å². The van der Waals surface area contributed by atoms with Gasteiger partial charge in [0.15, 0.2) is 0 Å². The lowest BCUT2D eigenvalue weighted by molar-refractivity contribution is -0.163. The molecule has 1 fully saturated rings. The van der Waals surface area contributed by atoms with E-state index in [1.165, 1.54) is 0 Å². The Morgan fingerprint density at radius 2 is 1.56 bits per heavy atom. The lowest BCUT2D eigenvalue weighted by atomic mass is 10.2. The molecule has 1 aliphatic heterocycles. The molecule has 16 heavy (non-hydrogen) atoms. The average Bonchev–Trinajstić information content (AvgIpc) is 2.28. The minimum atomic E-state index is -0.546. The molecule has 1 aliphatic rings. The topological polar surface area (TPSA) is 24.9 Å². The quantitative estimate of drug-likeness (QED) is 0.542. The summed E-state index contributed by atoms with van der Waals surface area (Å²) in [5.41, 5.74) is 0. The van der Waals surface area contributed by atoms with Gasteiger partial charge in [-0.15, -0.1) is 0 Å². The molecule has 0 spiro atoms. The number of ether oxygens (including phenoxy) is 2. The van der Waals surface area contributed by atoms with Gasteiger partial charge in [-0.3, -0.25) is 0 Å². The number of rotatable bonds is 5. The van der Waals surface area contributed by atoms with Crippen molar-refractivity contribution in [2.24, 2.45) is 5.92 Å². The van der Waals surface area contributed by atoms with Gasteiger partial charge < -0.3 is 14.4 Å². The van der Waals surface area contributed by atoms with Crippen molar-refractivity contribution in [1.29, 1.82) is 0 Å². The van der Waals surface area contributed by atoms with Crippen LogP contribution in [0.3, 0.4) is 0 Å². The number of likely N-dealkylation sites (N-methyl/N-ethyl adjacent to an activating group) is 1. The fourth-order valence-electron chi connectivity index (χ4n) is 1.79. The van der Waals surface area contributed by atoms with Gasteiger partial charge in [0.2, 0.25) is 5.12 Å². The van der Waals surface area contributed by atoms with Gasteiger partial charge in [0.05, 0.1) is 0 Å². The zero-order valence-corrected chi connectivity index (χ0v) is 11.8. The molecule has 4 nitrogen and oxygen atoms in total. The van der Waals surface area contributed by atoms with Crippen molar-refractivity contribution in [3.8, 4) is 0 Å². The minimum Gasteiger partial charge on any atom is -0.343 e. The molecule has 0 aromatic rings. The second-order valence-corrected chi connectivity index (χ2v) is 5.76. The smallest absolute Gasteiger partial charge is 0.234 e. The third-order valence-corrected chi connectivity index (χ3v) is 4.68. The minimum absolute atomic E-state index is 0.312. The SMILES string of the molecule is COC(OC)(SN1CCN(C)CC1)C(C)C. The van der Waals surface area contributed by atoms with Crippen molar-refractivity contribution >= 4 is 11.9 Å². The van der Waals surface area contributed by atoms with E-state index < -0.39 is 5.12 Å². The molecule has 1 saturated heterocycles. The van der Waals surface area contributed by atoms with E-state index in [1.807, 2.05) is 0 Å². The number of nitrogens with zero attached hydrogens (tertiary/aromatic N) is 2. The molecule has 1 heterocycles. The predicted octanol–water partition coefficient (Wildman–Crippen LogP) is 1.48. The number of piperazine rings is 1. The van der Waals surface area contributed by atoms with Gasteiger partial charge >= 0.3 is 0 Å². The van der Waals surface area contributed by atoms with Crippen molar-refractivity contribution in [3.05, 3.63) is 0 Å². The molecule has 96 valence electrons. The van der Waals surface area contributed by atoms with Gasteiger partial charge in [-0.25, -0.2) is 4.31 Å². The third-order valence-electron chi connectivity index (χ3n) is 2.99. The monoisotopic (exact) mass is 248 g/mol. The van der Waals surface area contributed by atoms with Crippen molar-refractivity contribution < 1.29 is 9.47 Å². The molecule has 0 bridgehead atoms. The standard InChI is InChI=1S/C11H24N2O2S/c1-10(2)11(14-4,15-5)16-13-8-6-12(3)7-9-13/h10H,6-9H2,1-5H3. The van der Waals surface area contributed by atoms with Crippen LogP contribution in [0.4, 0.5) is 0 Å². The van der Waals surface area contributed by atoms with Gasteiger partial charge in [0, 0.05) is 46.3 Å². The highest BCUT2D eigenvalue weighted by Gasteiger charge is 2.37. The summed E-state index contributed by atoms with van der Waals surface area (Å²) in [7, 11) is 5.59. The second-order valence-electron chi connectivity index (χ2n) is 4.49. The summed E-state index contributed by atoms with van der Waals surface area (Å²) in [4.78, 5) is 2.34. The molecule has 0 aliphatic carbocycles. The Kier molecular flexibility index (Phi) is 5.53. The lowest BCUT2D eigenvalue weighted by Gasteiger charge is -2.40. The Morgan fingerprint density at radius 3 is 1.94 bits per heavy atom. The van der Waals surface area contributed by atoms with Crippen LogP contribution in [0.25, 0.3) is 0 Å². The van der Waals surface area contributed by atoms with E-state index in [-0.39, 0.29) is 0 Å². The summed E-state index contributed by atoms with van der Waals surface area (Å²) >= 11 is 1.69. The molecule has 0 amide bonds. The Hall–Kier alpha value is 0.190. The first kappa shape index (κ1) is 14.3. The summed E-state index contributed by atoms with van der Waals surface area (Å²) in [6.07, 6.45) is 0. The van der Waals surface area contributed by atoms with Crippen molar-refractivity contribution in [2.45, 2.75) is 19.0 Å². The molecule has 0 saturated carbocycles. The second kappa shape index (κ2) is 6.21. The Bertz CT molecular complexity index is 202. The Labute approximate surface area is 103 Å². The van der Waals surface area contributed by atoms with Crippen molar-refractivity contribution in [1.82, 2.24) is 9.21 Å². The van der Waals surface area contributed by atoms with E-state index in [0.717, 1.165) is 26.2 Å². The molecule has 1 rings (SSSR count). The molecule has 0 atom stereocenters. The van der Waals surface area contributed by atoms with E-state index in [1.54, 1.807) is 26.2 Å². The van der Waals surface area contributed by atoms with Gasteiger partial charge in [-0.05, 0) is 19.0 Å². The number of hydrogen-bond donors (Lipinski definition) is 0. The van der Waals surface area contributed by atoms with Crippen LogP contribution in [0.2, 0.25) is 0 Å². The summed E-state index contributed by atoms with van der Waals surface area (Å²) in [6.45, 7) is 8.57. The van der Waals surface area contributed by atoms with Crippen LogP contribution >= 0.6 is 11.9 Å². The summed E-state index contributed by atoms with van der Waals surface area (Å²) in [5, 5.41) is -0.546. The molecule has 0 N–H and O–H groups in total. The maximum absolute atomic E-state index is 5.56. The maximum Gasteiger partial charge on any atom is 0.234 e. The fourth-order valence-corrected chi connectivity index (χ4v) is 2.86. The number of hydrogen-bond acceptors (Lipinski definition) is 5. The summed E-state index contributed by atoms with van der Waals surface area (Å²) in [5.74, 6) is 0.312. The molecular formula is C11H24N2O2S. The Balaban J connectivity index is 2.55. The van der Waals surface area contributed by atoms with Crippen LogP contribution in [-0.2, 0) is 9.47 Å². The van der Waals surface area contributed by atoms with E-state index in [9.17, 15) is 0 Å². The third kappa shape index (κ3) is 3.34. The zero-order chi connectivity index (χ0) is 12.2. The van der Waals surface area contributed by atoms with Crippen LogP contribution < -0.4 is 0 Å². The first-order valence-electron chi connectivity index (χ1n) is 5.77. The van der Waals surface area contributed by atoms with E-state index in [0.29, 0.717) is 5.92 Å². The highest BCUT2D eigenvalue weighted by Crippen LogP contribution is 2.37. The molecule has 5 heteroatoms. The van der Waals surface area contributed by atoms with Crippen LogP contribution in [-0.4, -0.2) is 61.8 Å². The van der Waals surface area contributed by atoms with Gasteiger partial charge in [-0.1, -0.05) is 13.8 Å². The lowest BCUT2D eigenvalue weighted by Crippen LogP contribution is -2.46. The van der Waals surface area contributed by atoms with E-state index in [2.05, 4.69) is 30.1 Å². The highest BCUT2D eigenvalue weighted by molar-refractivity contribution is 7.98. The average molecular weight is 248 g/mol. The van der Waals surface area contributed by atoms with Gasteiger partial charge in [0.1, 0.15) is 0 Å². The molecule has 0 aromatic heterocycles. The van der Waals surface area contributed by atoms with Crippen molar-refractivity contribution in [3.63, 3.8) is 0 Å². The van der Waals surface area contributed by atoms with Crippen LogP contribution in [0, 0.1) is 5.92 Å². The van der Waals surface area contributed by atoms with Crippen molar-refractivity contribution in [2.75, 3.05) is 47.4 Å². The fraction of sp³-hybridized carbons (Fsp3) is 1.00. The van der Waals surface area contributed by atoms with E-state index in [4.69, 9.17) is 9.47 Å². The molecule has 0 unspecified atom stereocenters. The van der Waals surface area contributed by atoms with E-state index >= 15 is 0 Å². The summed E-state index contributed by atoms with van der Waals surface area (Å²) < 4.78 is 13.5. The Morgan fingerprint density at radius 1 is 1.06 bits per heavy atom. The van der Waals surface area contributed by atoms with Gasteiger partial charge in [0.25, 0.3) is 0 Å². The molecule has 0 radical (unpaired) electrons. The largest absolute Gasteiger partial charge is 0.343 e. The predicted molar refractivity (Wildman–Crippen MR) is 68.2 cm³/mol. The maximum atomic E-state index is 5.56. The van der Waals surface area contributed by atoms with Crippen LogP contribution in [0.5, 0.6) is 0 Å².